The van der Waals surface area contributed by atoms with Gasteiger partial charge < -0.3 is 10.0 Å². The summed E-state index contributed by atoms with van der Waals surface area (Å²) in [6.45, 7) is 3.46. The van der Waals surface area contributed by atoms with Crippen LogP contribution in [0.3, 0.4) is 0 Å². The van der Waals surface area contributed by atoms with Crippen LogP contribution in [0.2, 0.25) is 0 Å². The Kier molecular flexibility index (Phi) is 26.6. The van der Waals surface area contributed by atoms with Crippen molar-refractivity contribution < 1.29 is 9.90 Å². The van der Waals surface area contributed by atoms with Crippen LogP contribution < -0.4 is 0 Å². The maximum Gasteiger partial charge on any atom is 0.303 e. The molecule has 0 aliphatic heterocycles. The van der Waals surface area contributed by atoms with Crippen molar-refractivity contribution in [2.45, 2.75) is 148 Å². The maximum absolute atomic E-state index is 10.6. The first-order valence-corrected chi connectivity index (χ1v) is 15.2. The van der Waals surface area contributed by atoms with Gasteiger partial charge in [0.15, 0.2) is 0 Å². The lowest BCUT2D eigenvalue weighted by Crippen LogP contribution is -2.17. The lowest BCUT2D eigenvalue weighted by molar-refractivity contribution is -0.137. The third-order valence-electron chi connectivity index (χ3n) is 7.05. The third-order valence-corrected chi connectivity index (χ3v) is 7.05. The molecule has 1 atom stereocenters. The fraction of sp³-hybridized carbons (Fsp3) is 0.844. The molecule has 0 aromatic rings. The Bertz CT molecular complexity index is 498. The van der Waals surface area contributed by atoms with Crippen LogP contribution in [0.15, 0.2) is 24.3 Å². The third kappa shape index (κ3) is 29.0. The summed E-state index contributed by atoms with van der Waals surface area (Å²) in [4.78, 5) is 12.9. The average molecular weight is 492 g/mol. The zero-order valence-corrected chi connectivity index (χ0v) is 24.0. The number of hydrogen-bond acceptors (Lipinski definition) is 2. The van der Waals surface area contributed by atoms with E-state index in [4.69, 9.17) is 5.11 Å². The summed E-state index contributed by atoms with van der Waals surface area (Å²) in [5.74, 6) is 0.215. The zero-order valence-electron chi connectivity index (χ0n) is 24.0. The van der Waals surface area contributed by atoms with Crippen LogP contribution in [0.25, 0.3) is 0 Å². The van der Waals surface area contributed by atoms with E-state index in [1.165, 1.54) is 122 Å². The van der Waals surface area contributed by atoms with Gasteiger partial charge in [-0.15, -0.1) is 0 Å². The normalized spacial score (nSPS) is 12.9. The van der Waals surface area contributed by atoms with Crippen LogP contribution in [-0.4, -0.2) is 36.6 Å². The molecule has 0 rings (SSSR count). The van der Waals surface area contributed by atoms with Gasteiger partial charge in [0.25, 0.3) is 0 Å². The minimum Gasteiger partial charge on any atom is -0.481 e. The molecule has 0 fully saturated rings. The second kappa shape index (κ2) is 27.5. The highest BCUT2D eigenvalue weighted by Crippen LogP contribution is 2.22. The molecule has 0 spiro atoms. The Morgan fingerprint density at radius 1 is 0.657 bits per heavy atom. The van der Waals surface area contributed by atoms with Crippen molar-refractivity contribution in [2.24, 2.45) is 5.92 Å². The van der Waals surface area contributed by atoms with Crippen LogP contribution >= 0.6 is 0 Å². The van der Waals surface area contributed by atoms with Crippen molar-refractivity contribution in [2.75, 3.05) is 20.6 Å². The number of carboxylic acids is 1. The standard InChI is InChI=1S/C32H61NO2/c1-4-5-6-7-8-9-10-11-12-13-14-15-16-17-18-20-23-26-31(29-30-33(2)3)27-24-21-19-22-25-28-32(34)35/h8-9,11-12,31H,4-7,10,13-30H2,1-3H3,(H,34,35). The van der Waals surface area contributed by atoms with Crippen LogP contribution in [0.4, 0.5) is 0 Å². The Balaban J connectivity index is 3.65. The van der Waals surface area contributed by atoms with E-state index >= 15 is 0 Å². The van der Waals surface area contributed by atoms with Gasteiger partial charge in [0, 0.05) is 6.42 Å². The fourth-order valence-corrected chi connectivity index (χ4v) is 4.71. The van der Waals surface area contributed by atoms with Gasteiger partial charge in [0.1, 0.15) is 0 Å². The van der Waals surface area contributed by atoms with Gasteiger partial charge in [-0.2, -0.15) is 0 Å². The highest BCUT2D eigenvalue weighted by Gasteiger charge is 2.09. The van der Waals surface area contributed by atoms with E-state index < -0.39 is 5.97 Å². The molecule has 1 unspecified atom stereocenters. The number of allylic oxidation sites excluding steroid dienone is 4. The monoisotopic (exact) mass is 491 g/mol. The van der Waals surface area contributed by atoms with Crippen molar-refractivity contribution >= 4 is 5.97 Å². The molecule has 0 radical (unpaired) electrons. The zero-order chi connectivity index (χ0) is 25.8. The van der Waals surface area contributed by atoms with Crippen molar-refractivity contribution in [3.8, 4) is 0 Å². The molecule has 206 valence electrons. The van der Waals surface area contributed by atoms with E-state index in [0.717, 1.165) is 25.2 Å². The Morgan fingerprint density at radius 3 is 1.66 bits per heavy atom. The van der Waals surface area contributed by atoms with Gasteiger partial charge in [-0.25, -0.2) is 0 Å². The first-order chi connectivity index (χ1) is 17.1. The van der Waals surface area contributed by atoms with Crippen molar-refractivity contribution in [1.29, 1.82) is 0 Å². The molecular formula is C32H61NO2. The predicted molar refractivity (Wildman–Crippen MR) is 155 cm³/mol. The topological polar surface area (TPSA) is 40.5 Å². The van der Waals surface area contributed by atoms with E-state index in [-0.39, 0.29) is 0 Å². The second-order valence-corrected chi connectivity index (χ2v) is 10.9. The molecule has 35 heavy (non-hydrogen) atoms. The van der Waals surface area contributed by atoms with E-state index in [1.807, 2.05) is 0 Å². The number of carboxylic acid groups (broad SMARTS) is 1. The van der Waals surface area contributed by atoms with Crippen molar-refractivity contribution in [1.82, 2.24) is 4.90 Å². The SMILES string of the molecule is CCCCCC=CCC=CCCCCCCCCCC(CCCCCCCC(=O)O)CCN(C)C. The minimum atomic E-state index is -0.655. The fourth-order valence-electron chi connectivity index (χ4n) is 4.71. The minimum absolute atomic E-state index is 0.333. The summed E-state index contributed by atoms with van der Waals surface area (Å²) in [5, 5.41) is 8.73. The van der Waals surface area contributed by atoms with Crippen LogP contribution in [0.1, 0.15) is 148 Å². The van der Waals surface area contributed by atoms with E-state index in [2.05, 4.69) is 50.2 Å². The summed E-state index contributed by atoms with van der Waals surface area (Å²) in [7, 11) is 4.36. The molecule has 3 nitrogen and oxygen atoms in total. The van der Waals surface area contributed by atoms with Crippen LogP contribution in [0, 0.1) is 5.92 Å². The molecular weight excluding hydrogens is 430 g/mol. The Morgan fingerprint density at radius 2 is 1.14 bits per heavy atom. The molecule has 1 N–H and O–H groups in total. The number of aliphatic carboxylic acids is 1. The van der Waals surface area contributed by atoms with E-state index in [1.54, 1.807) is 0 Å². The maximum atomic E-state index is 10.6. The first kappa shape index (κ1) is 33.9. The lowest BCUT2D eigenvalue weighted by atomic mass is 9.91. The molecule has 0 saturated carbocycles. The van der Waals surface area contributed by atoms with Crippen molar-refractivity contribution in [3.63, 3.8) is 0 Å². The number of hydrogen-bond donors (Lipinski definition) is 1. The van der Waals surface area contributed by atoms with E-state index in [9.17, 15) is 4.79 Å². The molecule has 0 aromatic carbocycles. The van der Waals surface area contributed by atoms with Gasteiger partial charge >= 0.3 is 5.97 Å². The molecule has 0 heterocycles. The second-order valence-electron chi connectivity index (χ2n) is 10.9. The number of unbranched alkanes of at least 4 members (excludes halogenated alkanes) is 14. The molecule has 0 saturated heterocycles. The van der Waals surface area contributed by atoms with Gasteiger partial charge in [0.05, 0.1) is 0 Å². The first-order valence-electron chi connectivity index (χ1n) is 15.2. The van der Waals surface area contributed by atoms with Gasteiger partial charge in [-0.1, -0.05) is 121 Å². The molecule has 0 bridgehead atoms. The largest absolute Gasteiger partial charge is 0.481 e. The molecule has 0 amide bonds. The Labute approximate surface area is 219 Å². The molecule has 0 aliphatic carbocycles. The molecule has 0 aliphatic rings. The van der Waals surface area contributed by atoms with Crippen LogP contribution in [-0.2, 0) is 4.79 Å². The number of nitrogens with zero attached hydrogens (tertiary/aromatic N) is 1. The van der Waals surface area contributed by atoms with Crippen LogP contribution in [0.5, 0.6) is 0 Å². The number of rotatable bonds is 27. The molecule has 3 heteroatoms. The summed E-state index contributed by atoms with van der Waals surface area (Å²) in [6, 6.07) is 0. The van der Waals surface area contributed by atoms with Crippen molar-refractivity contribution in [3.05, 3.63) is 24.3 Å². The predicted octanol–water partition coefficient (Wildman–Crippen LogP) is 9.96. The van der Waals surface area contributed by atoms with Gasteiger partial charge in [-0.3, -0.25) is 4.79 Å². The highest BCUT2D eigenvalue weighted by atomic mass is 16.4. The van der Waals surface area contributed by atoms with E-state index in [0.29, 0.717) is 6.42 Å². The smallest absolute Gasteiger partial charge is 0.303 e. The lowest BCUT2D eigenvalue weighted by Gasteiger charge is -2.19. The quantitative estimate of drug-likeness (QED) is 0.0917. The molecule has 0 aromatic heterocycles. The summed E-state index contributed by atoms with van der Waals surface area (Å²) in [5.41, 5.74) is 0. The Hall–Kier alpha value is -1.09. The highest BCUT2D eigenvalue weighted by molar-refractivity contribution is 5.66. The average Bonchev–Trinajstić information content (AvgIpc) is 2.82. The summed E-state index contributed by atoms with van der Waals surface area (Å²) in [6.07, 6.45) is 36.8. The summed E-state index contributed by atoms with van der Waals surface area (Å²) < 4.78 is 0. The van der Waals surface area contributed by atoms with Gasteiger partial charge in [0.2, 0.25) is 0 Å². The number of carbonyl (C=O) groups is 1. The van der Waals surface area contributed by atoms with Gasteiger partial charge in [-0.05, 0) is 71.5 Å². The summed E-state index contributed by atoms with van der Waals surface area (Å²) >= 11 is 0.